The first kappa shape index (κ1) is 28.1. The number of nitrogens with zero attached hydrogens (tertiary/aromatic N) is 5. The highest BCUT2D eigenvalue weighted by Crippen LogP contribution is 2.37. The van der Waals surface area contributed by atoms with Gasteiger partial charge in [0.25, 0.3) is 5.91 Å². The van der Waals surface area contributed by atoms with Crippen LogP contribution in [-0.2, 0) is 6.18 Å². The van der Waals surface area contributed by atoms with Gasteiger partial charge in [0.05, 0.1) is 31.6 Å². The molecule has 0 bridgehead atoms. The molecule has 4 aromatic rings. The van der Waals surface area contributed by atoms with E-state index in [1.165, 1.54) is 20.2 Å². The molecule has 1 saturated heterocycles. The number of benzene rings is 1. The molecule has 0 saturated carbocycles. The van der Waals surface area contributed by atoms with Crippen LogP contribution in [0.3, 0.4) is 0 Å². The van der Waals surface area contributed by atoms with Crippen LogP contribution in [0.2, 0.25) is 0 Å². The normalized spacial score (nSPS) is 17.4. The van der Waals surface area contributed by atoms with Crippen molar-refractivity contribution < 1.29 is 27.8 Å². The van der Waals surface area contributed by atoms with Crippen LogP contribution in [0.4, 0.5) is 13.2 Å². The predicted molar refractivity (Wildman–Crippen MR) is 146 cm³/mol. The summed E-state index contributed by atoms with van der Waals surface area (Å²) in [6.45, 7) is 6.56. The van der Waals surface area contributed by atoms with Crippen molar-refractivity contribution in [3.05, 3.63) is 69.2 Å². The zero-order chi connectivity index (χ0) is 28.8. The third-order valence-electron chi connectivity index (χ3n) is 7.53. The molecule has 40 heavy (non-hydrogen) atoms. The lowest BCUT2D eigenvalue weighted by Gasteiger charge is -2.42. The van der Waals surface area contributed by atoms with E-state index in [-0.39, 0.29) is 41.2 Å². The van der Waals surface area contributed by atoms with Crippen LogP contribution in [-0.4, -0.2) is 74.8 Å². The van der Waals surface area contributed by atoms with E-state index in [4.69, 9.17) is 4.74 Å². The molecule has 0 radical (unpaired) electrons. The van der Waals surface area contributed by atoms with Crippen molar-refractivity contribution >= 4 is 22.9 Å². The summed E-state index contributed by atoms with van der Waals surface area (Å²) in [6.07, 6.45) is -3.56. The molecule has 1 N–H and O–H groups in total. The minimum atomic E-state index is -4.73. The molecule has 1 amide bonds. The average molecular weight is 574 g/mol. The van der Waals surface area contributed by atoms with Gasteiger partial charge >= 0.3 is 6.18 Å². The van der Waals surface area contributed by atoms with Crippen molar-refractivity contribution in [2.45, 2.75) is 39.0 Å². The number of rotatable bonds is 6. The fourth-order valence-corrected chi connectivity index (χ4v) is 6.33. The summed E-state index contributed by atoms with van der Waals surface area (Å²) in [6, 6.07) is 6.13. The SMILES string of the molecule is COc1ccc(-c2nc3c(C(=O)N4CCN([C@H](CO)c5cscc5C)C[C@H]4C)cnn3c(C(F)(F)F)c2C)cc1. The summed E-state index contributed by atoms with van der Waals surface area (Å²) < 4.78 is 48.8. The fraction of sp³-hybridized carbons (Fsp3) is 0.393. The average Bonchev–Trinajstić information content (AvgIpc) is 3.53. The number of halogens is 3. The molecule has 4 heterocycles. The van der Waals surface area contributed by atoms with Crippen LogP contribution in [0.5, 0.6) is 5.75 Å². The number of alkyl halides is 3. The maximum atomic E-state index is 14.3. The molecule has 0 unspecified atom stereocenters. The van der Waals surface area contributed by atoms with Crippen LogP contribution < -0.4 is 4.74 Å². The Labute approximate surface area is 233 Å². The number of hydrogen-bond donors (Lipinski definition) is 1. The number of thiophene rings is 1. The molecule has 1 aliphatic heterocycles. The summed E-state index contributed by atoms with van der Waals surface area (Å²) in [5, 5.41) is 18.2. The van der Waals surface area contributed by atoms with E-state index < -0.39 is 17.8 Å². The van der Waals surface area contributed by atoms with Gasteiger partial charge in [-0.25, -0.2) is 9.50 Å². The van der Waals surface area contributed by atoms with E-state index in [2.05, 4.69) is 15.0 Å². The Morgan fingerprint density at radius 1 is 1.20 bits per heavy atom. The van der Waals surface area contributed by atoms with Gasteiger partial charge in [0.1, 0.15) is 11.3 Å². The highest BCUT2D eigenvalue weighted by atomic mass is 32.1. The lowest BCUT2D eigenvalue weighted by atomic mass is 10.0. The summed E-state index contributed by atoms with van der Waals surface area (Å²) >= 11 is 1.58. The number of aryl methyl sites for hydroxylation is 1. The number of piperazine rings is 1. The highest BCUT2D eigenvalue weighted by molar-refractivity contribution is 7.08. The molecular weight excluding hydrogens is 543 g/mol. The molecule has 5 rings (SSSR count). The molecule has 2 atom stereocenters. The maximum absolute atomic E-state index is 14.3. The van der Waals surface area contributed by atoms with Crippen molar-refractivity contribution in [2.24, 2.45) is 0 Å². The minimum absolute atomic E-state index is 0.00736. The number of aliphatic hydroxyl groups excluding tert-OH is 1. The molecule has 1 aliphatic rings. The second kappa shape index (κ2) is 10.8. The van der Waals surface area contributed by atoms with Gasteiger partial charge in [-0.05, 0) is 66.9 Å². The standard InChI is InChI=1S/C28H30F3N5O3S/c1-16-14-40-15-22(16)23(13-37)34-9-10-35(17(2)12-34)27(38)21-11-32-36-25(28(29,30)31)18(3)24(33-26(21)36)19-5-7-20(39-4)8-6-19/h5-8,11,14-15,17,23,37H,9-10,12-13H2,1-4H3/t17-,23-/m1/s1. The number of aliphatic hydroxyl groups is 1. The Bertz CT molecular complexity index is 1530. The number of hydrogen-bond acceptors (Lipinski definition) is 7. The number of methoxy groups -OCH3 is 1. The molecule has 0 spiro atoms. The van der Waals surface area contributed by atoms with Crippen LogP contribution in [0, 0.1) is 13.8 Å². The monoisotopic (exact) mass is 573 g/mol. The van der Waals surface area contributed by atoms with Crippen molar-refractivity contribution in [3.8, 4) is 17.0 Å². The first-order chi connectivity index (χ1) is 19.0. The summed E-state index contributed by atoms with van der Waals surface area (Å²) in [4.78, 5) is 22.1. The topological polar surface area (TPSA) is 83.2 Å². The Balaban J connectivity index is 1.50. The van der Waals surface area contributed by atoms with Crippen molar-refractivity contribution in [2.75, 3.05) is 33.4 Å². The third-order valence-corrected chi connectivity index (χ3v) is 8.41. The number of carbonyl (C=O) groups excluding carboxylic acids is 1. The molecule has 12 heteroatoms. The zero-order valence-corrected chi connectivity index (χ0v) is 23.4. The molecule has 1 fully saturated rings. The number of aromatic nitrogens is 3. The van der Waals surface area contributed by atoms with Gasteiger partial charge in [0, 0.05) is 36.8 Å². The minimum Gasteiger partial charge on any atom is -0.497 e. The molecule has 8 nitrogen and oxygen atoms in total. The van der Waals surface area contributed by atoms with E-state index in [1.54, 1.807) is 40.5 Å². The zero-order valence-electron chi connectivity index (χ0n) is 22.6. The van der Waals surface area contributed by atoms with Gasteiger partial charge in [0.2, 0.25) is 0 Å². The van der Waals surface area contributed by atoms with Crippen LogP contribution in [0.15, 0.2) is 41.2 Å². The fourth-order valence-electron chi connectivity index (χ4n) is 5.43. The quantitative estimate of drug-likeness (QED) is 0.350. The van der Waals surface area contributed by atoms with Crippen molar-refractivity contribution in [1.82, 2.24) is 24.4 Å². The van der Waals surface area contributed by atoms with Gasteiger partial charge in [-0.3, -0.25) is 9.69 Å². The first-order valence-corrected chi connectivity index (χ1v) is 13.8. The predicted octanol–water partition coefficient (Wildman–Crippen LogP) is 4.98. The lowest BCUT2D eigenvalue weighted by Crippen LogP contribution is -2.55. The van der Waals surface area contributed by atoms with Gasteiger partial charge in [0.15, 0.2) is 11.3 Å². The molecule has 3 aromatic heterocycles. The number of amides is 1. The first-order valence-electron chi connectivity index (χ1n) is 12.8. The van der Waals surface area contributed by atoms with Gasteiger partial charge in [-0.15, -0.1) is 0 Å². The van der Waals surface area contributed by atoms with Gasteiger partial charge < -0.3 is 14.7 Å². The Kier molecular flexibility index (Phi) is 7.60. The van der Waals surface area contributed by atoms with Gasteiger partial charge in [-0.2, -0.15) is 29.6 Å². The lowest BCUT2D eigenvalue weighted by molar-refractivity contribution is -0.143. The largest absolute Gasteiger partial charge is 0.497 e. The maximum Gasteiger partial charge on any atom is 0.433 e. The van der Waals surface area contributed by atoms with Crippen LogP contribution >= 0.6 is 11.3 Å². The smallest absolute Gasteiger partial charge is 0.433 e. The summed E-state index contributed by atoms with van der Waals surface area (Å²) in [7, 11) is 1.50. The van der Waals surface area contributed by atoms with Crippen LogP contribution in [0.1, 0.15) is 45.7 Å². The molecule has 1 aromatic carbocycles. The number of carbonyl (C=O) groups is 1. The third kappa shape index (κ3) is 4.95. The Morgan fingerprint density at radius 2 is 1.93 bits per heavy atom. The van der Waals surface area contributed by atoms with Crippen molar-refractivity contribution in [3.63, 3.8) is 0 Å². The van der Waals surface area contributed by atoms with E-state index >= 15 is 0 Å². The molecule has 212 valence electrons. The molecular formula is C28H30F3N5O3S. The Hall–Kier alpha value is -3.48. The van der Waals surface area contributed by atoms with E-state index in [1.807, 2.05) is 24.6 Å². The van der Waals surface area contributed by atoms with Gasteiger partial charge in [-0.1, -0.05) is 0 Å². The van der Waals surface area contributed by atoms with Crippen LogP contribution in [0.25, 0.3) is 16.9 Å². The number of ether oxygens (including phenoxy) is 1. The number of fused-ring (bicyclic) bond motifs is 1. The summed E-state index contributed by atoms with van der Waals surface area (Å²) in [5.74, 6) is 0.129. The summed E-state index contributed by atoms with van der Waals surface area (Å²) in [5.41, 5.74) is 1.55. The second-order valence-electron chi connectivity index (χ2n) is 10.0. The molecule has 0 aliphatic carbocycles. The van der Waals surface area contributed by atoms with E-state index in [0.717, 1.165) is 15.6 Å². The van der Waals surface area contributed by atoms with Crippen molar-refractivity contribution in [1.29, 1.82) is 0 Å². The van der Waals surface area contributed by atoms with E-state index in [9.17, 15) is 23.1 Å². The van der Waals surface area contributed by atoms with E-state index in [0.29, 0.717) is 30.9 Å². The Morgan fingerprint density at radius 3 is 2.50 bits per heavy atom. The second-order valence-corrected chi connectivity index (χ2v) is 10.7. The highest BCUT2D eigenvalue weighted by Gasteiger charge is 2.40.